The fraction of sp³-hybridized carbons (Fsp3) is 0.583. The van der Waals surface area contributed by atoms with Gasteiger partial charge in [-0.15, -0.1) is 0 Å². The third kappa shape index (κ3) is 2.22. The van der Waals surface area contributed by atoms with Crippen LogP contribution in [0.25, 0.3) is 0 Å². The molecule has 0 radical (unpaired) electrons. The number of rotatable bonds is 3. The highest BCUT2D eigenvalue weighted by atomic mass is 15.0. The Morgan fingerprint density at radius 3 is 2.80 bits per heavy atom. The second-order valence-corrected chi connectivity index (χ2v) is 5.16. The second-order valence-electron chi connectivity index (χ2n) is 5.16. The van der Waals surface area contributed by atoms with Gasteiger partial charge < -0.3 is 11.1 Å². The first-order valence-corrected chi connectivity index (χ1v) is 5.46. The lowest BCUT2D eigenvalue weighted by Gasteiger charge is -2.09. The molecule has 0 saturated heterocycles. The maximum Gasteiger partial charge on any atom is 0.149 e. The van der Waals surface area contributed by atoms with Crippen molar-refractivity contribution in [3.63, 3.8) is 0 Å². The van der Waals surface area contributed by atoms with E-state index in [-0.39, 0.29) is 0 Å². The van der Waals surface area contributed by atoms with Crippen LogP contribution in [0.15, 0.2) is 12.1 Å². The Kier molecular flexibility index (Phi) is 2.33. The summed E-state index contributed by atoms with van der Waals surface area (Å²) in [5.74, 6) is 1.59. The van der Waals surface area contributed by atoms with Crippen LogP contribution < -0.4 is 11.1 Å². The molecule has 0 bridgehead atoms. The van der Waals surface area contributed by atoms with Gasteiger partial charge in [0.15, 0.2) is 0 Å². The summed E-state index contributed by atoms with van der Waals surface area (Å²) in [5.41, 5.74) is 8.08. The van der Waals surface area contributed by atoms with Gasteiger partial charge in [0.25, 0.3) is 0 Å². The first-order valence-electron chi connectivity index (χ1n) is 5.46. The van der Waals surface area contributed by atoms with Crippen LogP contribution >= 0.6 is 0 Å². The molecule has 0 amide bonds. The molecule has 3 nitrogen and oxygen atoms in total. The molecule has 1 unspecified atom stereocenters. The lowest BCUT2D eigenvalue weighted by atomic mass is 10.1. The normalized spacial score (nSPS) is 22.5. The molecule has 0 aromatic carbocycles. The molecule has 1 aliphatic carbocycles. The van der Waals surface area contributed by atoms with Crippen molar-refractivity contribution in [1.29, 1.82) is 0 Å². The Bertz CT molecular complexity index is 371. The first-order chi connectivity index (χ1) is 6.99. The van der Waals surface area contributed by atoms with E-state index in [2.05, 4.69) is 24.1 Å². The van der Waals surface area contributed by atoms with E-state index in [1.165, 1.54) is 6.42 Å². The van der Waals surface area contributed by atoms with Gasteiger partial charge in [0.05, 0.1) is 5.69 Å². The molecule has 0 aliphatic heterocycles. The molecule has 15 heavy (non-hydrogen) atoms. The van der Waals surface area contributed by atoms with E-state index >= 15 is 0 Å². The molecule has 1 aliphatic rings. The lowest BCUT2D eigenvalue weighted by Crippen LogP contribution is -2.10. The maximum absolute atomic E-state index is 5.84. The Morgan fingerprint density at radius 2 is 2.20 bits per heavy atom. The summed E-state index contributed by atoms with van der Waals surface area (Å²) in [7, 11) is 0. The van der Waals surface area contributed by atoms with Crippen LogP contribution in [0, 0.1) is 18.3 Å². The molecular formula is C12H19N3. The molecule has 82 valence electrons. The molecule has 3 heteroatoms. The van der Waals surface area contributed by atoms with E-state index in [0.29, 0.717) is 5.41 Å². The smallest absolute Gasteiger partial charge is 0.149 e. The molecule has 1 atom stereocenters. The van der Waals surface area contributed by atoms with Gasteiger partial charge in [0.2, 0.25) is 0 Å². The zero-order chi connectivity index (χ0) is 11.1. The monoisotopic (exact) mass is 205 g/mol. The van der Waals surface area contributed by atoms with Crippen molar-refractivity contribution in [3.8, 4) is 0 Å². The minimum absolute atomic E-state index is 0.506. The molecular weight excluding hydrogens is 186 g/mol. The number of nitrogens with one attached hydrogen (secondary N) is 1. The lowest BCUT2D eigenvalue weighted by molar-refractivity contribution is 0.573. The number of aryl methyl sites for hydroxylation is 1. The average molecular weight is 205 g/mol. The Labute approximate surface area is 91.1 Å². The number of aromatic nitrogens is 1. The third-order valence-electron chi connectivity index (χ3n) is 3.30. The second kappa shape index (κ2) is 3.40. The minimum Gasteiger partial charge on any atom is -0.396 e. The van der Waals surface area contributed by atoms with Gasteiger partial charge in [0, 0.05) is 12.2 Å². The summed E-state index contributed by atoms with van der Waals surface area (Å²) in [6.45, 7) is 7.55. The number of anilines is 2. The molecule has 2 rings (SSSR count). The van der Waals surface area contributed by atoms with Crippen molar-refractivity contribution in [2.24, 2.45) is 11.3 Å². The van der Waals surface area contributed by atoms with Crippen LogP contribution in [0.5, 0.6) is 0 Å². The average Bonchev–Trinajstić information content (AvgIpc) is 2.76. The zero-order valence-electron chi connectivity index (χ0n) is 9.67. The van der Waals surface area contributed by atoms with Gasteiger partial charge in [-0.3, -0.25) is 0 Å². The van der Waals surface area contributed by atoms with Crippen LogP contribution in [-0.2, 0) is 0 Å². The number of nitrogens with zero attached hydrogens (tertiary/aromatic N) is 1. The predicted octanol–water partition coefficient (Wildman–Crippen LogP) is 2.43. The number of hydrogen-bond donors (Lipinski definition) is 2. The first kappa shape index (κ1) is 10.3. The van der Waals surface area contributed by atoms with Gasteiger partial charge in [-0.25, -0.2) is 4.98 Å². The standard InChI is InChI=1S/C12H19N3/c1-8-4-5-10(13)11(15-8)14-7-9-6-12(9,2)3/h4-5,9H,6-7,13H2,1-3H3,(H,14,15). The predicted molar refractivity (Wildman–Crippen MR) is 63.8 cm³/mol. The summed E-state index contributed by atoms with van der Waals surface area (Å²) in [6, 6.07) is 3.84. The third-order valence-corrected chi connectivity index (χ3v) is 3.30. The highest BCUT2D eigenvalue weighted by Crippen LogP contribution is 2.51. The van der Waals surface area contributed by atoms with E-state index in [9.17, 15) is 0 Å². The van der Waals surface area contributed by atoms with Gasteiger partial charge in [-0.2, -0.15) is 0 Å². The van der Waals surface area contributed by atoms with E-state index in [1.807, 2.05) is 19.1 Å². The SMILES string of the molecule is Cc1ccc(N)c(NCC2CC2(C)C)n1. The summed E-state index contributed by atoms with van der Waals surface area (Å²) in [5, 5.41) is 3.34. The summed E-state index contributed by atoms with van der Waals surface area (Å²) in [4.78, 5) is 4.38. The number of pyridine rings is 1. The number of hydrogen-bond acceptors (Lipinski definition) is 3. The largest absolute Gasteiger partial charge is 0.396 e. The van der Waals surface area contributed by atoms with E-state index in [4.69, 9.17) is 5.73 Å². The van der Waals surface area contributed by atoms with Crippen LogP contribution in [0.1, 0.15) is 26.0 Å². The van der Waals surface area contributed by atoms with Crippen molar-refractivity contribution in [3.05, 3.63) is 17.8 Å². The highest BCUT2D eigenvalue weighted by Gasteiger charge is 2.45. The molecule has 1 heterocycles. The van der Waals surface area contributed by atoms with Crippen molar-refractivity contribution in [2.75, 3.05) is 17.6 Å². The zero-order valence-corrected chi connectivity index (χ0v) is 9.67. The van der Waals surface area contributed by atoms with Gasteiger partial charge in [-0.1, -0.05) is 13.8 Å². The van der Waals surface area contributed by atoms with Crippen LogP contribution in [0.2, 0.25) is 0 Å². The van der Waals surface area contributed by atoms with E-state index in [1.54, 1.807) is 0 Å². The summed E-state index contributed by atoms with van der Waals surface area (Å²) < 4.78 is 0. The molecule has 1 saturated carbocycles. The fourth-order valence-electron chi connectivity index (χ4n) is 1.85. The topological polar surface area (TPSA) is 50.9 Å². The maximum atomic E-state index is 5.84. The van der Waals surface area contributed by atoms with E-state index in [0.717, 1.165) is 29.7 Å². The molecule has 1 aromatic rings. The molecule has 1 fully saturated rings. The van der Waals surface area contributed by atoms with Crippen molar-refractivity contribution < 1.29 is 0 Å². The Hall–Kier alpha value is -1.25. The van der Waals surface area contributed by atoms with Crippen LogP contribution in [0.3, 0.4) is 0 Å². The Balaban J connectivity index is 1.96. The fourth-order valence-corrected chi connectivity index (χ4v) is 1.85. The van der Waals surface area contributed by atoms with Crippen molar-refractivity contribution in [2.45, 2.75) is 27.2 Å². The Morgan fingerprint density at radius 1 is 1.53 bits per heavy atom. The van der Waals surface area contributed by atoms with Crippen molar-refractivity contribution in [1.82, 2.24) is 4.98 Å². The highest BCUT2D eigenvalue weighted by molar-refractivity contribution is 5.61. The summed E-state index contributed by atoms with van der Waals surface area (Å²) in [6.07, 6.45) is 1.30. The molecule has 0 spiro atoms. The minimum atomic E-state index is 0.506. The quantitative estimate of drug-likeness (QED) is 0.796. The van der Waals surface area contributed by atoms with Gasteiger partial charge in [0.1, 0.15) is 5.82 Å². The summed E-state index contributed by atoms with van der Waals surface area (Å²) >= 11 is 0. The van der Waals surface area contributed by atoms with E-state index < -0.39 is 0 Å². The van der Waals surface area contributed by atoms with Gasteiger partial charge >= 0.3 is 0 Å². The van der Waals surface area contributed by atoms with Crippen molar-refractivity contribution >= 4 is 11.5 Å². The van der Waals surface area contributed by atoms with Gasteiger partial charge in [-0.05, 0) is 36.8 Å². The van der Waals surface area contributed by atoms with Crippen LogP contribution in [-0.4, -0.2) is 11.5 Å². The van der Waals surface area contributed by atoms with Crippen LogP contribution in [0.4, 0.5) is 11.5 Å². The number of nitrogens with two attached hydrogens (primary N) is 1. The molecule has 1 aromatic heterocycles. The molecule has 3 N–H and O–H groups in total. The number of nitrogen functional groups attached to an aromatic ring is 1.